The zero-order chi connectivity index (χ0) is 11.7. The predicted octanol–water partition coefficient (Wildman–Crippen LogP) is 2.83. The molecule has 0 fully saturated rings. The van der Waals surface area contributed by atoms with Crippen molar-refractivity contribution in [3.63, 3.8) is 0 Å². The number of nitrogens with zero attached hydrogens (tertiary/aromatic N) is 2. The van der Waals surface area contributed by atoms with Gasteiger partial charge in [0.05, 0.1) is 5.69 Å². The Kier molecular flexibility index (Phi) is 3.12. The highest BCUT2D eigenvalue weighted by atomic mass is 32.1. The summed E-state index contributed by atoms with van der Waals surface area (Å²) in [5, 5.41) is 6.38. The van der Waals surface area contributed by atoms with Gasteiger partial charge in [0, 0.05) is 22.8 Å². The van der Waals surface area contributed by atoms with Crippen molar-refractivity contribution in [3.8, 4) is 5.13 Å². The van der Waals surface area contributed by atoms with Crippen molar-refractivity contribution in [2.45, 2.75) is 26.8 Å². The van der Waals surface area contributed by atoms with Crippen LogP contribution in [-0.4, -0.2) is 16.6 Å². The zero-order valence-electron chi connectivity index (χ0n) is 10.1. The molecule has 86 valence electrons. The molecule has 3 nitrogen and oxygen atoms in total. The Labute approximate surface area is 100 Å². The molecule has 0 radical (unpaired) electrons. The van der Waals surface area contributed by atoms with Gasteiger partial charge in [-0.15, -0.1) is 11.3 Å². The second-order valence-corrected chi connectivity index (χ2v) is 4.85. The Morgan fingerprint density at radius 3 is 2.50 bits per heavy atom. The van der Waals surface area contributed by atoms with Gasteiger partial charge in [-0.3, -0.25) is 4.57 Å². The zero-order valence-corrected chi connectivity index (χ0v) is 10.9. The number of aromatic nitrogens is 2. The second kappa shape index (κ2) is 4.39. The van der Waals surface area contributed by atoms with Crippen LogP contribution in [0.1, 0.15) is 30.0 Å². The Morgan fingerprint density at radius 1 is 1.31 bits per heavy atom. The van der Waals surface area contributed by atoms with E-state index in [1.165, 1.54) is 11.4 Å². The van der Waals surface area contributed by atoms with Gasteiger partial charge < -0.3 is 5.32 Å². The Morgan fingerprint density at radius 2 is 1.94 bits per heavy atom. The van der Waals surface area contributed by atoms with E-state index in [1.807, 2.05) is 7.05 Å². The van der Waals surface area contributed by atoms with Crippen LogP contribution >= 0.6 is 11.3 Å². The third-order valence-corrected chi connectivity index (χ3v) is 3.69. The van der Waals surface area contributed by atoms with Gasteiger partial charge in [-0.05, 0) is 40.0 Å². The fraction of sp³-hybridized carbons (Fsp3) is 0.417. The number of hydrogen-bond acceptors (Lipinski definition) is 3. The molecule has 0 aliphatic rings. The number of rotatable bonds is 3. The van der Waals surface area contributed by atoms with Gasteiger partial charge in [0.15, 0.2) is 5.13 Å². The molecule has 0 amide bonds. The highest BCUT2D eigenvalue weighted by Gasteiger charge is 2.11. The number of thiazole rings is 1. The van der Waals surface area contributed by atoms with Gasteiger partial charge in [0.1, 0.15) is 0 Å². The topological polar surface area (TPSA) is 29.9 Å². The van der Waals surface area contributed by atoms with E-state index in [4.69, 9.17) is 0 Å². The van der Waals surface area contributed by atoms with Gasteiger partial charge in [-0.25, -0.2) is 4.98 Å². The summed E-state index contributed by atoms with van der Waals surface area (Å²) in [6.07, 6.45) is 0. The molecule has 2 aromatic heterocycles. The Hall–Kier alpha value is -1.13. The summed E-state index contributed by atoms with van der Waals surface area (Å²) in [6.45, 7) is 6.33. The molecule has 0 saturated carbocycles. The van der Waals surface area contributed by atoms with Gasteiger partial charge in [-0.2, -0.15) is 0 Å². The average Bonchev–Trinajstić information content (AvgIpc) is 2.85. The van der Waals surface area contributed by atoms with Crippen molar-refractivity contribution >= 4 is 11.3 Å². The van der Waals surface area contributed by atoms with Crippen LogP contribution in [0.4, 0.5) is 0 Å². The first-order chi connectivity index (χ1) is 7.63. The van der Waals surface area contributed by atoms with Crippen LogP contribution in [0.25, 0.3) is 5.13 Å². The minimum absolute atomic E-state index is 0.307. The third-order valence-electron chi connectivity index (χ3n) is 2.85. The van der Waals surface area contributed by atoms with Crippen LogP contribution in [0.15, 0.2) is 17.5 Å². The number of hydrogen-bond donors (Lipinski definition) is 1. The smallest absolute Gasteiger partial charge is 0.194 e. The fourth-order valence-electron chi connectivity index (χ4n) is 1.70. The molecule has 2 aromatic rings. The van der Waals surface area contributed by atoms with Gasteiger partial charge in [0.25, 0.3) is 0 Å². The quantitative estimate of drug-likeness (QED) is 0.886. The summed E-state index contributed by atoms with van der Waals surface area (Å²) in [4.78, 5) is 4.66. The van der Waals surface area contributed by atoms with Crippen LogP contribution in [0.3, 0.4) is 0 Å². The van der Waals surface area contributed by atoms with E-state index in [9.17, 15) is 0 Å². The van der Waals surface area contributed by atoms with Crippen LogP contribution in [-0.2, 0) is 0 Å². The molecule has 16 heavy (non-hydrogen) atoms. The van der Waals surface area contributed by atoms with Crippen molar-refractivity contribution in [1.82, 2.24) is 14.9 Å². The second-order valence-electron chi connectivity index (χ2n) is 4.02. The van der Waals surface area contributed by atoms with Crippen molar-refractivity contribution in [2.75, 3.05) is 7.05 Å². The van der Waals surface area contributed by atoms with Crippen LogP contribution in [0, 0.1) is 13.8 Å². The summed E-state index contributed by atoms with van der Waals surface area (Å²) >= 11 is 1.69. The van der Waals surface area contributed by atoms with Crippen molar-refractivity contribution < 1.29 is 0 Å². The fourth-order valence-corrected chi connectivity index (χ4v) is 2.73. The highest BCUT2D eigenvalue weighted by Crippen LogP contribution is 2.22. The third kappa shape index (κ3) is 1.90. The Bertz CT molecular complexity index is 465. The highest BCUT2D eigenvalue weighted by molar-refractivity contribution is 7.12. The Balaban J connectivity index is 2.39. The summed E-state index contributed by atoms with van der Waals surface area (Å²) in [6, 6.07) is 4.55. The maximum atomic E-state index is 4.66. The van der Waals surface area contributed by atoms with E-state index in [2.05, 4.69) is 53.2 Å². The van der Waals surface area contributed by atoms with E-state index in [1.54, 1.807) is 11.3 Å². The predicted molar refractivity (Wildman–Crippen MR) is 68.4 cm³/mol. The molecular weight excluding hydrogens is 218 g/mol. The maximum Gasteiger partial charge on any atom is 0.194 e. The molecule has 0 saturated heterocycles. The minimum atomic E-state index is 0.307. The minimum Gasteiger partial charge on any atom is -0.312 e. The van der Waals surface area contributed by atoms with Crippen molar-refractivity contribution in [3.05, 3.63) is 34.6 Å². The largest absolute Gasteiger partial charge is 0.312 e. The maximum absolute atomic E-state index is 4.66. The lowest BCUT2D eigenvalue weighted by Crippen LogP contribution is -2.12. The first-order valence-corrected chi connectivity index (χ1v) is 6.29. The van der Waals surface area contributed by atoms with Crippen LogP contribution < -0.4 is 5.32 Å². The number of aryl methyl sites for hydroxylation is 2. The lowest BCUT2D eigenvalue weighted by Gasteiger charge is -2.06. The van der Waals surface area contributed by atoms with Gasteiger partial charge >= 0.3 is 0 Å². The van der Waals surface area contributed by atoms with E-state index >= 15 is 0 Å². The van der Waals surface area contributed by atoms with Crippen LogP contribution in [0.2, 0.25) is 0 Å². The average molecular weight is 235 g/mol. The van der Waals surface area contributed by atoms with Crippen molar-refractivity contribution in [1.29, 1.82) is 0 Å². The molecule has 1 N–H and O–H groups in total. The summed E-state index contributed by atoms with van der Waals surface area (Å²) < 4.78 is 2.19. The lowest BCUT2D eigenvalue weighted by atomic mass is 10.3. The van der Waals surface area contributed by atoms with E-state index in [0.717, 1.165) is 10.8 Å². The molecule has 0 aromatic carbocycles. The van der Waals surface area contributed by atoms with E-state index in [0.29, 0.717) is 6.04 Å². The van der Waals surface area contributed by atoms with Crippen LogP contribution in [0.5, 0.6) is 0 Å². The standard InChI is InChI=1S/C12H17N3S/c1-8-5-6-9(2)15(8)12-14-11(7-16-12)10(3)13-4/h5-7,10,13H,1-4H3. The molecule has 4 heteroatoms. The first-order valence-electron chi connectivity index (χ1n) is 5.41. The first kappa shape index (κ1) is 11.4. The molecule has 1 atom stereocenters. The summed E-state index contributed by atoms with van der Waals surface area (Å²) in [5.41, 5.74) is 3.57. The summed E-state index contributed by atoms with van der Waals surface area (Å²) in [5.74, 6) is 0. The SMILES string of the molecule is CNC(C)c1csc(-n2c(C)ccc2C)n1. The van der Waals surface area contributed by atoms with Gasteiger partial charge in [0.2, 0.25) is 0 Å². The van der Waals surface area contributed by atoms with Gasteiger partial charge in [-0.1, -0.05) is 0 Å². The van der Waals surface area contributed by atoms with Crippen molar-refractivity contribution in [2.24, 2.45) is 0 Å². The molecule has 1 unspecified atom stereocenters. The monoisotopic (exact) mass is 235 g/mol. The van der Waals surface area contributed by atoms with E-state index in [-0.39, 0.29) is 0 Å². The molecule has 0 bridgehead atoms. The van der Waals surface area contributed by atoms with E-state index < -0.39 is 0 Å². The normalized spacial score (nSPS) is 13.0. The molecule has 0 aliphatic heterocycles. The number of nitrogens with one attached hydrogen (secondary N) is 1. The molecule has 0 spiro atoms. The lowest BCUT2D eigenvalue weighted by molar-refractivity contribution is 0.635. The summed E-state index contributed by atoms with van der Waals surface area (Å²) in [7, 11) is 1.95. The molecular formula is C12H17N3S. The molecule has 0 aliphatic carbocycles. The molecule has 2 rings (SSSR count). The molecule has 2 heterocycles.